The van der Waals surface area contributed by atoms with Crippen molar-refractivity contribution < 1.29 is 4.79 Å². The van der Waals surface area contributed by atoms with Crippen LogP contribution in [0.3, 0.4) is 0 Å². The van der Waals surface area contributed by atoms with Crippen LogP contribution in [0.5, 0.6) is 0 Å². The van der Waals surface area contributed by atoms with Crippen molar-refractivity contribution in [3.05, 3.63) is 54.5 Å². The Balaban J connectivity index is 1.86. The van der Waals surface area contributed by atoms with E-state index in [0.29, 0.717) is 25.2 Å². The van der Waals surface area contributed by atoms with Crippen LogP contribution >= 0.6 is 11.3 Å². The molecular formula is C15H14N4O3S. The molecule has 2 aromatic heterocycles. The lowest BCUT2D eigenvalue weighted by Gasteiger charge is -2.10. The van der Waals surface area contributed by atoms with Gasteiger partial charge in [-0.25, -0.2) is 9.36 Å². The van der Waals surface area contributed by atoms with Crippen LogP contribution in [0.25, 0.3) is 0 Å². The van der Waals surface area contributed by atoms with Crippen LogP contribution in [-0.2, 0) is 30.8 Å². The van der Waals surface area contributed by atoms with Crippen molar-refractivity contribution in [1.82, 2.24) is 14.5 Å². The molecule has 2 aromatic rings. The van der Waals surface area contributed by atoms with Crippen molar-refractivity contribution in [2.75, 3.05) is 0 Å². The molecule has 0 bridgehead atoms. The monoisotopic (exact) mass is 330 g/mol. The Morgan fingerprint density at radius 2 is 2.26 bits per heavy atom. The van der Waals surface area contributed by atoms with Gasteiger partial charge in [0.25, 0.3) is 5.56 Å². The minimum atomic E-state index is -0.683. The lowest BCUT2D eigenvalue weighted by molar-refractivity contribution is -0.121. The molecular weight excluding hydrogens is 316 g/mol. The van der Waals surface area contributed by atoms with Crippen LogP contribution in [0, 0.1) is 11.3 Å². The Labute approximate surface area is 135 Å². The zero-order valence-electron chi connectivity index (χ0n) is 12.2. The van der Waals surface area contributed by atoms with Gasteiger partial charge in [-0.15, -0.1) is 11.3 Å². The average molecular weight is 330 g/mol. The van der Waals surface area contributed by atoms with E-state index in [0.717, 1.165) is 15.9 Å². The van der Waals surface area contributed by atoms with Gasteiger partial charge in [-0.2, -0.15) is 5.26 Å². The predicted octanol–water partition coefficient (Wildman–Crippen LogP) is 0.206. The minimum Gasteiger partial charge on any atom is -0.350 e. The van der Waals surface area contributed by atoms with Crippen LogP contribution in [0.1, 0.15) is 22.6 Å². The summed E-state index contributed by atoms with van der Waals surface area (Å²) in [5, 5.41) is 13.8. The lowest BCUT2D eigenvalue weighted by Crippen LogP contribution is -2.45. The molecule has 0 spiro atoms. The Morgan fingerprint density at radius 3 is 2.96 bits per heavy atom. The average Bonchev–Trinajstić information content (AvgIpc) is 3.21. The van der Waals surface area contributed by atoms with E-state index in [9.17, 15) is 19.6 Å². The van der Waals surface area contributed by atoms with Crippen LogP contribution < -0.4 is 16.6 Å². The maximum Gasteiger partial charge on any atom is 0.331 e. The fraction of sp³-hybridized carbons (Fsp3) is 0.333. The molecule has 1 amide bonds. The van der Waals surface area contributed by atoms with E-state index in [-0.39, 0.29) is 12.1 Å². The van der Waals surface area contributed by atoms with Gasteiger partial charge in [0.2, 0.25) is 5.91 Å². The Hall–Kier alpha value is -2.66. The topological polar surface area (TPSA) is 96.9 Å². The number of amides is 1. The summed E-state index contributed by atoms with van der Waals surface area (Å²) in [6.07, 6.45) is 1.26. The van der Waals surface area contributed by atoms with Gasteiger partial charge in [0.05, 0.1) is 6.54 Å². The molecule has 8 heteroatoms. The van der Waals surface area contributed by atoms with Gasteiger partial charge in [0.1, 0.15) is 18.2 Å². The third-order valence-electron chi connectivity index (χ3n) is 3.78. The molecule has 1 aliphatic rings. The zero-order valence-corrected chi connectivity index (χ0v) is 13.1. The highest BCUT2D eigenvalue weighted by molar-refractivity contribution is 7.09. The second kappa shape index (κ2) is 6.22. The molecule has 0 radical (unpaired) electrons. The Bertz CT molecular complexity index is 903. The summed E-state index contributed by atoms with van der Waals surface area (Å²) in [7, 11) is 0. The number of nitrogens with zero attached hydrogens (tertiary/aromatic N) is 3. The Morgan fingerprint density at radius 1 is 1.43 bits per heavy atom. The van der Waals surface area contributed by atoms with Crippen LogP contribution in [-0.4, -0.2) is 15.0 Å². The molecule has 1 aliphatic heterocycles. The molecule has 0 saturated heterocycles. The van der Waals surface area contributed by atoms with Crippen molar-refractivity contribution in [2.45, 2.75) is 32.5 Å². The van der Waals surface area contributed by atoms with Gasteiger partial charge in [-0.05, 0) is 24.3 Å². The molecule has 1 N–H and O–H groups in total. The maximum atomic E-state index is 12.4. The number of thiophene rings is 1. The smallest absolute Gasteiger partial charge is 0.331 e. The molecule has 0 aliphatic carbocycles. The predicted molar refractivity (Wildman–Crippen MR) is 84.2 cm³/mol. The summed E-state index contributed by atoms with van der Waals surface area (Å²) in [4.78, 5) is 37.7. The highest BCUT2D eigenvalue weighted by atomic mass is 32.1. The molecule has 3 heterocycles. The summed E-state index contributed by atoms with van der Waals surface area (Å²) in [5.41, 5.74) is -0.754. The highest BCUT2D eigenvalue weighted by Gasteiger charge is 2.23. The van der Waals surface area contributed by atoms with Crippen molar-refractivity contribution in [2.24, 2.45) is 0 Å². The van der Waals surface area contributed by atoms with E-state index in [1.165, 1.54) is 15.9 Å². The summed E-state index contributed by atoms with van der Waals surface area (Å²) >= 11 is 1.51. The van der Waals surface area contributed by atoms with Gasteiger partial charge in [0.15, 0.2) is 0 Å². The quantitative estimate of drug-likeness (QED) is 0.866. The minimum absolute atomic E-state index is 0.0341. The first-order chi connectivity index (χ1) is 11.1. The number of rotatable bonds is 4. The first-order valence-electron chi connectivity index (χ1n) is 7.17. The van der Waals surface area contributed by atoms with Gasteiger partial charge in [-0.1, -0.05) is 6.07 Å². The second-order valence-electron chi connectivity index (χ2n) is 5.22. The summed E-state index contributed by atoms with van der Waals surface area (Å²) < 4.78 is 2.27. The van der Waals surface area contributed by atoms with E-state index in [2.05, 4.69) is 5.32 Å². The molecule has 0 saturated carbocycles. The zero-order chi connectivity index (χ0) is 16.4. The molecule has 0 atom stereocenters. The number of carbonyl (C=O) groups excluding carboxylic acids is 1. The maximum absolute atomic E-state index is 12.4. The van der Waals surface area contributed by atoms with E-state index in [1.807, 2.05) is 23.6 Å². The molecule has 0 fully saturated rings. The van der Waals surface area contributed by atoms with Crippen LogP contribution in [0.15, 0.2) is 27.1 Å². The van der Waals surface area contributed by atoms with Crippen molar-refractivity contribution in [3.8, 4) is 6.07 Å². The summed E-state index contributed by atoms with van der Waals surface area (Å²) in [6.45, 7) is 0.445. The van der Waals surface area contributed by atoms with Crippen molar-refractivity contribution in [3.63, 3.8) is 0 Å². The Kier molecular flexibility index (Phi) is 4.12. The molecule has 23 heavy (non-hydrogen) atoms. The van der Waals surface area contributed by atoms with E-state index < -0.39 is 17.2 Å². The first kappa shape index (κ1) is 15.2. The standard InChI is InChI=1S/C15H14N4O3S/c16-7-11-12-4-1-5-18(12)15(22)19(14(11)21)9-13(20)17-8-10-3-2-6-23-10/h2-3,6H,1,4-5,8-9H2,(H,17,20). The third kappa shape index (κ3) is 2.83. The van der Waals surface area contributed by atoms with Crippen molar-refractivity contribution in [1.29, 1.82) is 5.26 Å². The largest absolute Gasteiger partial charge is 0.350 e. The number of nitriles is 1. The molecule has 0 aromatic carbocycles. The van der Waals surface area contributed by atoms with E-state index >= 15 is 0 Å². The van der Waals surface area contributed by atoms with Gasteiger partial charge >= 0.3 is 5.69 Å². The summed E-state index contributed by atoms with van der Waals surface area (Å²) in [5.74, 6) is -0.431. The fourth-order valence-corrected chi connectivity index (χ4v) is 3.33. The SMILES string of the molecule is N#Cc1c2n(c(=O)n(CC(=O)NCc3cccs3)c1=O)CCC2. The van der Waals surface area contributed by atoms with Crippen LogP contribution in [0.2, 0.25) is 0 Å². The normalized spacial score (nSPS) is 12.7. The molecule has 3 rings (SSSR count). The lowest BCUT2D eigenvalue weighted by atomic mass is 10.2. The van der Waals surface area contributed by atoms with E-state index in [4.69, 9.17) is 0 Å². The van der Waals surface area contributed by atoms with Crippen molar-refractivity contribution >= 4 is 17.2 Å². The molecule has 118 valence electrons. The summed E-state index contributed by atoms with van der Waals surface area (Å²) in [6, 6.07) is 5.63. The second-order valence-corrected chi connectivity index (χ2v) is 6.25. The van der Waals surface area contributed by atoms with Gasteiger partial charge in [0, 0.05) is 17.1 Å². The number of carbonyl (C=O) groups is 1. The molecule has 0 unspecified atom stereocenters. The number of fused-ring (bicyclic) bond motifs is 1. The fourth-order valence-electron chi connectivity index (χ4n) is 2.69. The number of nitrogens with one attached hydrogen (secondary N) is 1. The third-order valence-corrected chi connectivity index (χ3v) is 4.66. The number of hydrogen-bond acceptors (Lipinski definition) is 5. The highest BCUT2D eigenvalue weighted by Crippen LogP contribution is 2.13. The van der Waals surface area contributed by atoms with Crippen LogP contribution in [0.4, 0.5) is 0 Å². The number of aromatic nitrogens is 2. The van der Waals surface area contributed by atoms with Gasteiger partial charge < -0.3 is 5.32 Å². The molecule has 7 nitrogen and oxygen atoms in total. The number of hydrogen-bond donors (Lipinski definition) is 1. The van der Waals surface area contributed by atoms with Gasteiger partial charge in [-0.3, -0.25) is 14.2 Å². The first-order valence-corrected chi connectivity index (χ1v) is 8.05. The van der Waals surface area contributed by atoms with E-state index in [1.54, 1.807) is 0 Å².